The minimum Gasteiger partial charge on any atom is -0.325 e. The standard InChI is InChI=1S/C14H16ClN3OS3/c1-2-3-7-20-13-17-18-14(22-13)21-9-12(19)16-11-6-4-5-10(15)8-11/h4-6,8H,2-3,7,9H2,1H3,(H,16,19). The second-order valence-electron chi connectivity index (χ2n) is 4.38. The Hall–Kier alpha value is -0.760. The number of halogens is 1. The van der Waals surface area contributed by atoms with E-state index in [9.17, 15) is 4.79 Å². The van der Waals surface area contributed by atoms with E-state index in [1.807, 2.05) is 6.07 Å². The van der Waals surface area contributed by atoms with Gasteiger partial charge >= 0.3 is 0 Å². The predicted molar refractivity (Wildman–Crippen MR) is 96.3 cm³/mol. The number of unbranched alkanes of at least 4 members (excludes halogenated alkanes) is 1. The van der Waals surface area contributed by atoms with Gasteiger partial charge in [0.1, 0.15) is 0 Å². The summed E-state index contributed by atoms with van der Waals surface area (Å²) < 4.78 is 1.78. The number of thioether (sulfide) groups is 2. The van der Waals surface area contributed by atoms with E-state index in [-0.39, 0.29) is 5.91 Å². The Bertz CT molecular complexity index is 621. The van der Waals surface area contributed by atoms with Crippen molar-refractivity contribution in [3.8, 4) is 0 Å². The first kappa shape index (κ1) is 17.6. The van der Waals surface area contributed by atoms with Crippen molar-refractivity contribution < 1.29 is 4.79 Å². The maximum absolute atomic E-state index is 11.9. The molecule has 22 heavy (non-hydrogen) atoms. The normalized spacial score (nSPS) is 10.6. The first-order valence-corrected chi connectivity index (χ1v) is 9.98. The topological polar surface area (TPSA) is 54.9 Å². The first-order chi connectivity index (χ1) is 10.7. The summed E-state index contributed by atoms with van der Waals surface area (Å²) in [4.78, 5) is 11.9. The number of rotatable bonds is 8. The SMILES string of the molecule is CCCCSc1nnc(SCC(=O)Nc2cccc(Cl)c2)s1. The minimum absolute atomic E-state index is 0.0809. The lowest BCUT2D eigenvalue weighted by molar-refractivity contribution is -0.113. The van der Waals surface area contributed by atoms with Crippen LogP contribution in [0.15, 0.2) is 32.9 Å². The monoisotopic (exact) mass is 373 g/mol. The van der Waals surface area contributed by atoms with Crippen LogP contribution in [0.3, 0.4) is 0 Å². The molecule has 0 fully saturated rings. The van der Waals surface area contributed by atoms with Crippen molar-refractivity contribution in [1.29, 1.82) is 0 Å². The number of hydrogen-bond acceptors (Lipinski definition) is 6. The second-order valence-corrected chi connectivity index (χ2v) is 8.36. The molecule has 8 heteroatoms. The van der Waals surface area contributed by atoms with E-state index in [0.29, 0.717) is 16.5 Å². The van der Waals surface area contributed by atoms with Gasteiger partial charge in [0, 0.05) is 16.5 Å². The molecular formula is C14H16ClN3OS3. The summed E-state index contributed by atoms with van der Waals surface area (Å²) in [6, 6.07) is 7.10. The number of anilines is 1. The van der Waals surface area contributed by atoms with E-state index in [4.69, 9.17) is 11.6 Å². The molecule has 0 bridgehead atoms. The molecule has 0 unspecified atom stereocenters. The Morgan fingerprint density at radius 1 is 1.32 bits per heavy atom. The Morgan fingerprint density at radius 2 is 2.09 bits per heavy atom. The lowest BCUT2D eigenvalue weighted by Crippen LogP contribution is -2.13. The molecule has 1 heterocycles. The van der Waals surface area contributed by atoms with Crippen LogP contribution in [0.4, 0.5) is 5.69 Å². The Kier molecular flexibility index (Phi) is 7.51. The van der Waals surface area contributed by atoms with Crippen molar-refractivity contribution in [1.82, 2.24) is 10.2 Å². The molecular weight excluding hydrogens is 358 g/mol. The van der Waals surface area contributed by atoms with Gasteiger partial charge in [-0.3, -0.25) is 4.79 Å². The second kappa shape index (κ2) is 9.39. The Balaban J connectivity index is 1.76. The molecule has 1 amide bonds. The smallest absolute Gasteiger partial charge is 0.234 e. The maximum Gasteiger partial charge on any atom is 0.234 e. The van der Waals surface area contributed by atoms with Crippen molar-refractivity contribution >= 4 is 58.1 Å². The van der Waals surface area contributed by atoms with Crippen LogP contribution in [0.25, 0.3) is 0 Å². The third-order valence-electron chi connectivity index (χ3n) is 2.55. The summed E-state index contributed by atoms with van der Waals surface area (Å²) in [7, 11) is 0. The number of nitrogens with zero attached hydrogens (tertiary/aromatic N) is 2. The number of carbonyl (C=O) groups excluding carboxylic acids is 1. The number of carbonyl (C=O) groups is 1. The quantitative estimate of drug-likeness (QED) is 0.531. The number of aromatic nitrogens is 2. The largest absolute Gasteiger partial charge is 0.325 e. The van der Waals surface area contributed by atoms with E-state index >= 15 is 0 Å². The molecule has 4 nitrogen and oxygen atoms in total. The fourth-order valence-corrected chi connectivity index (χ4v) is 4.67. The minimum atomic E-state index is -0.0809. The molecule has 2 aromatic rings. The lowest BCUT2D eigenvalue weighted by Gasteiger charge is -2.04. The van der Waals surface area contributed by atoms with E-state index < -0.39 is 0 Å². The van der Waals surface area contributed by atoms with Crippen molar-refractivity contribution in [3.63, 3.8) is 0 Å². The summed E-state index contributed by atoms with van der Waals surface area (Å²) >= 11 is 10.5. The number of amides is 1. The van der Waals surface area contributed by atoms with E-state index in [1.165, 1.54) is 35.9 Å². The zero-order valence-electron chi connectivity index (χ0n) is 12.0. The van der Waals surface area contributed by atoms with Crippen molar-refractivity contribution in [2.45, 2.75) is 28.4 Å². The molecule has 0 atom stereocenters. The average molecular weight is 374 g/mol. The van der Waals surface area contributed by atoms with Gasteiger partial charge in [-0.2, -0.15) is 0 Å². The van der Waals surface area contributed by atoms with Crippen LogP contribution in [0.2, 0.25) is 5.02 Å². The third-order valence-corrected chi connectivity index (χ3v) is 6.06. The fourth-order valence-electron chi connectivity index (χ4n) is 1.51. The van der Waals surface area contributed by atoms with Crippen molar-refractivity contribution in [3.05, 3.63) is 29.3 Å². The molecule has 1 aromatic carbocycles. The van der Waals surface area contributed by atoms with Gasteiger partial charge in [0.05, 0.1) is 5.75 Å². The highest BCUT2D eigenvalue weighted by atomic mass is 35.5. The molecule has 0 saturated carbocycles. The third kappa shape index (κ3) is 6.16. The van der Waals surface area contributed by atoms with Gasteiger partial charge in [0.25, 0.3) is 0 Å². The summed E-state index contributed by atoms with van der Waals surface area (Å²) in [5, 5.41) is 11.6. The van der Waals surface area contributed by atoms with E-state index in [0.717, 1.165) is 14.4 Å². The van der Waals surface area contributed by atoms with Gasteiger partial charge in [0.15, 0.2) is 8.68 Å². The van der Waals surface area contributed by atoms with Crippen LogP contribution in [0.5, 0.6) is 0 Å². The molecule has 1 N–H and O–H groups in total. The van der Waals surface area contributed by atoms with Crippen molar-refractivity contribution in [2.75, 3.05) is 16.8 Å². The molecule has 0 spiro atoms. The highest BCUT2D eigenvalue weighted by molar-refractivity contribution is 8.03. The molecule has 0 aliphatic carbocycles. The molecule has 0 saturated heterocycles. The zero-order chi connectivity index (χ0) is 15.8. The van der Waals surface area contributed by atoms with Gasteiger partial charge in [-0.15, -0.1) is 10.2 Å². The zero-order valence-corrected chi connectivity index (χ0v) is 15.2. The molecule has 2 rings (SSSR count). The summed E-state index contributed by atoms with van der Waals surface area (Å²) in [6.45, 7) is 2.17. The Labute approximate surface area is 147 Å². The van der Waals surface area contributed by atoms with E-state index in [1.54, 1.807) is 30.0 Å². The molecule has 0 radical (unpaired) electrons. The molecule has 1 aromatic heterocycles. The average Bonchev–Trinajstić information content (AvgIpc) is 2.93. The van der Waals surface area contributed by atoms with Gasteiger partial charge < -0.3 is 5.32 Å². The van der Waals surface area contributed by atoms with Crippen LogP contribution in [-0.4, -0.2) is 27.6 Å². The van der Waals surface area contributed by atoms with Gasteiger partial charge in [-0.05, 0) is 24.6 Å². The highest BCUT2D eigenvalue weighted by Gasteiger charge is 2.09. The number of hydrogen-bond donors (Lipinski definition) is 1. The van der Waals surface area contributed by atoms with E-state index in [2.05, 4.69) is 22.4 Å². The van der Waals surface area contributed by atoms with Crippen LogP contribution in [0.1, 0.15) is 19.8 Å². The van der Waals surface area contributed by atoms with Crippen LogP contribution >= 0.6 is 46.5 Å². The molecule has 118 valence electrons. The molecule has 0 aliphatic rings. The Morgan fingerprint density at radius 3 is 2.82 bits per heavy atom. The first-order valence-electron chi connectivity index (χ1n) is 6.82. The van der Waals surface area contributed by atoms with Crippen LogP contribution in [0, 0.1) is 0 Å². The number of benzene rings is 1. The highest BCUT2D eigenvalue weighted by Crippen LogP contribution is 2.29. The van der Waals surface area contributed by atoms with Gasteiger partial charge in [-0.25, -0.2) is 0 Å². The van der Waals surface area contributed by atoms with Gasteiger partial charge in [-0.1, -0.05) is 65.9 Å². The predicted octanol–water partition coefficient (Wildman–Crippen LogP) is 4.81. The maximum atomic E-state index is 11.9. The fraction of sp³-hybridized carbons (Fsp3) is 0.357. The van der Waals surface area contributed by atoms with Crippen molar-refractivity contribution in [2.24, 2.45) is 0 Å². The summed E-state index contributed by atoms with van der Waals surface area (Å²) in [6.07, 6.45) is 2.35. The summed E-state index contributed by atoms with van der Waals surface area (Å²) in [5.41, 5.74) is 0.700. The molecule has 0 aliphatic heterocycles. The number of nitrogens with one attached hydrogen (secondary N) is 1. The summed E-state index contributed by atoms with van der Waals surface area (Å²) in [5.74, 6) is 1.29. The van der Waals surface area contributed by atoms with Crippen LogP contribution in [-0.2, 0) is 4.79 Å². The van der Waals surface area contributed by atoms with Crippen LogP contribution < -0.4 is 5.32 Å². The van der Waals surface area contributed by atoms with Gasteiger partial charge in [0.2, 0.25) is 5.91 Å². The lowest BCUT2D eigenvalue weighted by atomic mass is 10.3.